The largest absolute Gasteiger partial charge is 0.472 e. The second-order valence-electron chi connectivity index (χ2n) is 5.06. The van der Waals surface area contributed by atoms with Crippen LogP contribution in [-0.4, -0.2) is 35.1 Å². The molecule has 0 spiro atoms. The first-order valence-corrected chi connectivity index (χ1v) is 7.90. The van der Waals surface area contributed by atoms with E-state index in [1.165, 1.54) is 0 Å². The van der Waals surface area contributed by atoms with Gasteiger partial charge >= 0.3 is 6.03 Å². The van der Waals surface area contributed by atoms with Crippen LogP contribution in [0.25, 0.3) is 0 Å². The topological polar surface area (TPSA) is 54.5 Å². The van der Waals surface area contributed by atoms with E-state index in [0.29, 0.717) is 19.0 Å². The first-order valence-electron chi connectivity index (χ1n) is 7.10. The molecule has 1 atom stereocenters. The highest BCUT2D eigenvalue weighted by Crippen LogP contribution is 2.24. The van der Waals surface area contributed by atoms with Gasteiger partial charge in [0.1, 0.15) is 6.10 Å². The number of hydrogen-bond acceptors (Lipinski definition) is 3. The van der Waals surface area contributed by atoms with Crippen molar-refractivity contribution in [3.8, 4) is 5.88 Å². The molecule has 1 aliphatic heterocycles. The molecule has 22 heavy (non-hydrogen) atoms. The molecule has 6 heteroatoms. The van der Waals surface area contributed by atoms with E-state index in [-0.39, 0.29) is 12.1 Å². The summed E-state index contributed by atoms with van der Waals surface area (Å²) >= 11 is 3.41. The highest BCUT2D eigenvalue weighted by atomic mass is 79.9. The van der Waals surface area contributed by atoms with E-state index < -0.39 is 0 Å². The van der Waals surface area contributed by atoms with Gasteiger partial charge < -0.3 is 15.0 Å². The summed E-state index contributed by atoms with van der Waals surface area (Å²) in [5.41, 5.74) is 0.796. The molecule has 0 radical (unpaired) electrons. The van der Waals surface area contributed by atoms with Crippen molar-refractivity contribution in [3.63, 3.8) is 0 Å². The monoisotopic (exact) mass is 361 g/mol. The van der Waals surface area contributed by atoms with E-state index in [0.717, 1.165) is 16.6 Å². The maximum absolute atomic E-state index is 12.2. The van der Waals surface area contributed by atoms with Crippen molar-refractivity contribution in [2.75, 3.05) is 18.4 Å². The highest BCUT2D eigenvalue weighted by molar-refractivity contribution is 9.10. The number of rotatable bonds is 3. The summed E-state index contributed by atoms with van der Waals surface area (Å²) in [6, 6.07) is 13.1. The summed E-state index contributed by atoms with van der Waals surface area (Å²) in [5, 5.41) is 2.89. The van der Waals surface area contributed by atoms with Gasteiger partial charge in [-0.1, -0.05) is 18.2 Å². The van der Waals surface area contributed by atoms with Gasteiger partial charge in [-0.15, -0.1) is 0 Å². The minimum absolute atomic E-state index is 0.0345. The minimum Gasteiger partial charge on any atom is -0.472 e. The van der Waals surface area contributed by atoms with Crippen LogP contribution < -0.4 is 10.1 Å². The lowest BCUT2D eigenvalue weighted by Gasteiger charge is -2.18. The van der Waals surface area contributed by atoms with Crippen molar-refractivity contribution >= 4 is 27.6 Å². The molecule has 2 heterocycles. The van der Waals surface area contributed by atoms with Gasteiger partial charge in [0.2, 0.25) is 5.88 Å². The van der Waals surface area contributed by atoms with Crippen molar-refractivity contribution < 1.29 is 9.53 Å². The first-order chi connectivity index (χ1) is 10.7. The number of halogens is 1. The maximum atomic E-state index is 12.2. The zero-order chi connectivity index (χ0) is 15.4. The lowest BCUT2D eigenvalue weighted by atomic mass is 10.3. The van der Waals surface area contributed by atoms with Crippen LogP contribution in [0, 0.1) is 0 Å². The Morgan fingerprint density at radius 3 is 2.86 bits per heavy atom. The Kier molecular flexibility index (Phi) is 4.58. The molecular formula is C16H16BrN3O2. The van der Waals surface area contributed by atoms with Crippen molar-refractivity contribution in [2.24, 2.45) is 0 Å². The summed E-state index contributed by atoms with van der Waals surface area (Å²) in [6.45, 7) is 1.23. The van der Waals surface area contributed by atoms with Crippen LogP contribution in [0.2, 0.25) is 0 Å². The number of carbonyl (C=O) groups is 1. The Balaban J connectivity index is 1.56. The minimum atomic E-state index is -0.0996. The SMILES string of the molecule is O=C(Nc1ccccc1)N1CC[C@@H](Oc2ncccc2Br)C1. The van der Waals surface area contributed by atoms with E-state index in [1.54, 1.807) is 11.1 Å². The van der Waals surface area contributed by atoms with Gasteiger partial charge in [0, 0.05) is 24.8 Å². The quantitative estimate of drug-likeness (QED) is 0.909. The van der Waals surface area contributed by atoms with Crippen molar-refractivity contribution in [1.82, 2.24) is 9.88 Å². The number of para-hydroxylation sites is 1. The normalized spacial score (nSPS) is 17.3. The molecule has 5 nitrogen and oxygen atoms in total. The number of likely N-dealkylation sites (tertiary alicyclic amines) is 1. The number of urea groups is 1. The second kappa shape index (κ2) is 6.79. The van der Waals surface area contributed by atoms with Crippen LogP contribution in [0.15, 0.2) is 53.1 Å². The Morgan fingerprint density at radius 2 is 2.09 bits per heavy atom. The molecular weight excluding hydrogens is 346 g/mol. The number of ether oxygens (including phenoxy) is 1. The van der Waals surface area contributed by atoms with E-state index in [9.17, 15) is 4.79 Å². The van der Waals surface area contributed by atoms with Gasteiger partial charge in [0.15, 0.2) is 0 Å². The predicted octanol–water partition coefficient (Wildman–Crippen LogP) is 3.53. The summed E-state index contributed by atoms with van der Waals surface area (Å²) in [6.07, 6.45) is 2.45. The number of benzene rings is 1. The molecule has 2 amide bonds. The first kappa shape index (κ1) is 14.8. The van der Waals surface area contributed by atoms with Crippen LogP contribution in [-0.2, 0) is 0 Å². The van der Waals surface area contributed by atoms with Gasteiger partial charge in [-0.25, -0.2) is 9.78 Å². The van der Waals surface area contributed by atoms with Crippen molar-refractivity contribution in [2.45, 2.75) is 12.5 Å². The third-order valence-corrected chi connectivity index (χ3v) is 4.06. The van der Waals surface area contributed by atoms with E-state index in [2.05, 4.69) is 26.2 Å². The predicted molar refractivity (Wildman–Crippen MR) is 88.0 cm³/mol. The molecule has 1 fully saturated rings. The average Bonchev–Trinajstić information content (AvgIpc) is 2.99. The van der Waals surface area contributed by atoms with Gasteiger partial charge in [-0.3, -0.25) is 0 Å². The highest BCUT2D eigenvalue weighted by Gasteiger charge is 2.28. The molecule has 0 saturated carbocycles. The number of amides is 2. The Labute approximate surface area is 137 Å². The number of aromatic nitrogens is 1. The number of nitrogens with zero attached hydrogens (tertiary/aromatic N) is 2. The number of hydrogen-bond donors (Lipinski definition) is 1. The van der Waals surface area contributed by atoms with Gasteiger partial charge in [-0.2, -0.15) is 0 Å². The van der Waals surface area contributed by atoms with Crippen LogP contribution in [0.5, 0.6) is 5.88 Å². The number of pyridine rings is 1. The molecule has 1 aliphatic rings. The molecule has 1 aromatic heterocycles. The molecule has 0 aliphatic carbocycles. The zero-order valence-corrected chi connectivity index (χ0v) is 13.5. The zero-order valence-electron chi connectivity index (χ0n) is 11.9. The van der Waals surface area contributed by atoms with E-state index >= 15 is 0 Å². The third-order valence-electron chi connectivity index (χ3n) is 3.46. The fourth-order valence-corrected chi connectivity index (χ4v) is 2.70. The number of nitrogens with one attached hydrogen (secondary N) is 1. The van der Waals surface area contributed by atoms with E-state index in [4.69, 9.17) is 4.74 Å². The fraction of sp³-hybridized carbons (Fsp3) is 0.250. The molecule has 0 unspecified atom stereocenters. The van der Waals surface area contributed by atoms with Crippen molar-refractivity contribution in [1.29, 1.82) is 0 Å². The van der Waals surface area contributed by atoms with E-state index in [1.807, 2.05) is 42.5 Å². The summed E-state index contributed by atoms with van der Waals surface area (Å²) in [4.78, 5) is 18.2. The molecule has 0 bridgehead atoms. The van der Waals surface area contributed by atoms with Crippen molar-refractivity contribution in [3.05, 3.63) is 53.1 Å². The maximum Gasteiger partial charge on any atom is 0.321 e. The Bertz CT molecular complexity index is 651. The lowest BCUT2D eigenvalue weighted by molar-refractivity contribution is 0.189. The molecule has 1 aromatic carbocycles. The molecule has 1 N–H and O–H groups in total. The van der Waals surface area contributed by atoms with Gasteiger partial charge in [-0.05, 0) is 40.2 Å². The number of anilines is 1. The Morgan fingerprint density at radius 1 is 1.27 bits per heavy atom. The Hall–Kier alpha value is -2.08. The fourth-order valence-electron chi connectivity index (χ4n) is 2.35. The van der Waals surface area contributed by atoms with Crippen LogP contribution >= 0.6 is 15.9 Å². The second-order valence-corrected chi connectivity index (χ2v) is 5.92. The lowest BCUT2D eigenvalue weighted by Crippen LogP contribution is -2.34. The summed E-state index contributed by atoms with van der Waals surface area (Å²) in [5.74, 6) is 0.567. The van der Waals surface area contributed by atoms with Crippen LogP contribution in [0.4, 0.5) is 10.5 Å². The van der Waals surface area contributed by atoms with Gasteiger partial charge in [0.25, 0.3) is 0 Å². The molecule has 2 aromatic rings. The smallest absolute Gasteiger partial charge is 0.321 e. The standard InChI is InChI=1S/C16H16BrN3O2/c17-14-7-4-9-18-15(14)22-13-8-10-20(11-13)16(21)19-12-5-2-1-3-6-12/h1-7,9,13H,8,10-11H2,(H,19,21)/t13-/m1/s1. The molecule has 114 valence electrons. The van der Waals surface area contributed by atoms with Crippen LogP contribution in [0.1, 0.15) is 6.42 Å². The van der Waals surface area contributed by atoms with Gasteiger partial charge in [0.05, 0.1) is 11.0 Å². The number of carbonyl (C=O) groups excluding carboxylic acids is 1. The summed E-state index contributed by atoms with van der Waals surface area (Å²) in [7, 11) is 0. The molecule has 3 rings (SSSR count). The summed E-state index contributed by atoms with van der Waals surface area (Å²) < 4.78 is 6.68. The third kappa shape index (κ3) is 3.57. The molecule has 1 saturated heterocycles. The van der Waals surface area contributed by atoms with Crippen LogP contribution in [0.3, 0.4) is 0 Å². The average molecular weight is 362 g/mol.